The van der Waals surface area contributed by atoms with Gasteiger partial charge in [-0.15, -0.1) is 0 Å². The Labute approximate surface area is 69.8 Å². The lowest BCUT2D eigenvalue weighted by molar-refractivity contribution is 0.288. The van der Waals surface area contributed by atoms with Gasteiger partial charge in [-0.3, -0.25) is 0 Å². The van der Waals surface area contributed by atoms with E-state index in [0.29, 0.717) is 5.56 Å². The Morgan fingerprint density at radius 2 is 2.17 bits per heavy atom. The third-order valence-corrected chi connectivity index (χ3v) is 1.20. The molecule has 1 rings (SSSR count). The van der Waals surface area contributed by atoms with Crippen molar-refractivity contribution in [1.29, 1.82) is 5.26 Å². The van der Waals surface area contributed by atoms with Crippen molar-refractivity contribution in [2.75, 3.05) is 0 Å². The normalized spacial score (nSPS) is 8.75. The van der Waals surface area contributed by atoms with Crippen molar-refractivity contribution in [1.82, 2.24) is 0 Å². The zero-order chi connectivity index (χ0) is 8.97. The first-order valence-electron chi connectivity index (χ1n) is 3.25. The van der Waals surface area contributed by atoms with Crippen LogP contribution in [0.25, 0.3) is 0 Å². The molecule has 0 aliphatic carbocycles. The van der Waals surface area contributed by atoms with Crippen molar-refractivity contribution in [2.45, 2.75) is 0 Å². The Bertz CT molecular complexity index is 308. The molecule has 0 aliphatic heterocycles. The van der Waals surface area contributed by atoms with Crippen LogP contribution in [0.1, 0.15) is 5.56 Å². The summed E-state index contributed by atoms with van der Waals surface area (Å²) in [4.78, 5) is 0. The average molecular weight is 163 g/mol. The van der Waals surface area contributed by atoms with Gasteiger partial charge in [0.15, 0.2) is 0 Å². The summed E-state index contributed by atoms with van der Waals surface area (Å²) >= 11 is 0. The molecule has 60 valence electrons. The molecule has 4 nitrogen and oxygen atoms in total. The highest BCUT2D eigenvalue weighted by Gasteiger charge is 2.10. The van der Waals surface area contributed by atoms with E-state index in [4.69, 9.17) is 15.3 Å². The van der Waals surface area contributed by atoms with E-state index in [1.807, 2.05) is 6.07 Å². The highest BCUT2D eigenvalue weighted by Crippen LogP contribution is 2.12. The number of rotatable bonds is 2. The lowest BCUT2D eigenvalue weighted by atomic mass is 10.2. The zero-order valence-corrected chi connectivity index (χ0v) is 6.14. The fourth-order valence-corrected chi connectivity index (χ4v) is 0.761. The molecule has 0 radical (unpaired) electrons. The fourth-order valence-electron chi connectivity index (χ4n) is 0.761. The molecule has 1 aromatic carbocycles. The lowest BCUT2D eigenvalue weighted by Gasteiger charge is -2.03. The van der Waals surface area contributed by atoms with Gasteiger partial charge in [0.05, 0.1) is 11.6 Å². The molecule has 1 aromatic rings. The van der Waals surface area contributed by atoms with E-state index in [2.05, 4.69) is 4.65 Å². The smallest absolute Gasteiger partial charge is 0.512 e. The summed E-state index contributed by atoms with van der Waals surface area (Å²) < 4.78 is 4.52. The maximum absolute atomic E-state index is 8.47. The molecular formula is C7H6BNO3. The maximum atomic E-state index is 8.47. The van der Waals surface area contributed by atoms with Crippen LogP contribution in [0.4, 0.5) is 0 Å². The summed E-state index contributed by atoms with van der Waals surface area (Å²) in [6.45, 7) is 0. The highest BCUT2D eigenvalue weighted by atomic mass is 16.6. The van der Waals surface area contributed by atoms with Gasteiger partial charge in [0.2, 0.25) is 0 Å². The summed E-state index contributed by atoms with van der Waals surface area (Å²) in [5.74, 6) is 0.254. The first kappa shape index (κ1) is 8.59. The molecule has 0 amide bonds. The predicted octanol–water partition coefficient (Wildman–Crippen LogP) is -0.0934. The van der Waals surface area contributed by atoms with E-state index in [9.17, 15) is 0 Å². The van der Waals surface area contributed by atoms with Gasteiger partial charge in [-0.1, -0.05) is 6.07 Å². The van der Waals surface area contributed by atoms with E-state index < -0.39 is 7.32 Å². The van der Waals surface area contributed by atoms with E-state index in [1.165, 1.54) is 12.1 Å². The third kappa shape index (κ3) is 2.27. The van der Waals surface area contributed by atoms with Gasteiger partial charge in [-0.25, -0.2) is 0 Å². The van der Waals surface area contributed by atoms with Crippen molar-refractivity contribution in [3.05, 3.63) is 29.8 Å². The van der Waals surface area contributed by atoms with Crippen molar-refractivity contribution in [2.24, 2.45) is 0 Å². The number of hydrogen-bond donors (Lipinski definition) is 2. The minimum atomic E-state index is -1.85. The van der Waals surface area contributed by atoms with Crippen molar-refractivity contribution >= 4 is 7.32 Å². The number of hydrogen-bond acceptors (Lipinski definition) is 4. The molecule has 0 heterocycles. The SMILES string of the molecule is N#Cc1cccc(OB(O)O)c1. The van der Waals surface area contributed by atoms with Gasteiger partial charge in [-0.05, 0) is 18.2 Å². The van der Waals surface area contributed by atoms with Gasteiger partial charge in [0, 0.05) is 0 Å². The molecule has 5 heteroatoms. The highest BCUT2D eigenvalue weighted by molar-refractivity contribution is 6.33. The van der Waals surface area contributed by atoms with E-state index in [0.717, 1.165) is 0 Å². The van der Waals surface area contributed by atoms with Gasteiger partial charge in [0.25, 0.3) is 0 Å². The van der Waals surface area contributed by atoms with Crippen LogP contribution in [-0.4, -0.2) is 17.4 Å². The minimum Gasteiger partial charge on any atom is -0.512 e. The van der Waals surface area contributed by atoms with Gasteiger partial charge in [-0.2, -0.15) is 5.26 Å². The zero-order valence-electron chi connectivity index (χ0n) is 6.14. The van der Waals surface area contributed by atoms with E-state index in [-0.39, 0.29) is 5.75 Å². The second-order valence-electron chi connectivity index (χ2n) is 2.08. The second-order valence-corrected chi connectivity index (χ2v) is 2.08. The number of benzene rings is 1. The summed E-state index contributed by atoms with van der Waals surface area (Å²) in [6, 6.07) is 8.03. The van der Waals surface area contributed by atoms with Crippen LogP contribution in [0.3, 0.4) is 0 Å². The first-order valence-corrected chi connectivity index (χ1v) is 3.25. The molecule has 2 N–H and O–H groups in total. The van der Waals surface area contributed by atoms with Crippen LogP contribution in [0.15, 0.2) is 24.3 Å². The Morgan fingerprint density at radius 3 is 2.75 bits per heavy atom. The number of nitrogens with zero attached hydrogens (tertiary/aromatic N) is 1. The maximum Gasteiger partial charge on any atom is 0.707 e. The van der Waals surface area contributed by atoms with Crippen LogP contribution in [0.5, 0.6) is 5.75 Å². The van der Waals surface area contributed by atoms with Gasteiger partial charge < -0.3 is 14.7 Å². The molecule has 0 spiro atoms. The van der Waals surface area contributed by atoms with Crippen LogP contribution in [-0.2, 0) is 0 Å². The molecule has 0 atom stereocenters. The van der Waals surface area contributed by atoms with Gasteiger partial charge in [0.1, 0.15) is 5.75 Å². The number of nitriles is 1. The molecule has 0 aromatic heterocycles. The van der Waals surface area contributed by atoms with Crippen LogP contribution in [0, 0.1) is 11.3 Å². The second kappa shape index (κ2) is 3.76. The van der Waals surface area contributed by atoms with Gasteiger partial charge >= 0.3 is 7.32 Å². The van der Waals surface area contributed by atoms with Crippen LogP contribution in [0.2, 0.25) is 0 Å². The third-order valence-electron chi connectivity index (χ3n) is 1.20. The largest absolute Gasteiger partial charge is 0.707 e. The molecule has 0 fully saturated rings. The molecular weight excluding hydrogens is 157 g/mol. The standard InChI is InChI=1S/C7H6BNO3/c9-5-6-2-1-3-7(4-6)12-8(10)11/h1-4,10-11H. The summed E-state index contributed by atoms with van der Waals surface area (Å²) in [5.41, 5.74) is 0.410. The Balaban J connectivity index is 2.81. The molecule has 12 heavy (non-hydrogen) atoms. The fraction of sp³-hybridized carbons (Fsp3) is 0. The Hall–Kier alpha value is -1.51. The molecule has 0 saturated heterocycles. The predicted molar refractivity (Wildman–Crippen MR) is 42.0 cm³/mol. The molecule has 0 saturated carbocycles. The van der Waals surface area contributed by atoms with Crippen molar-refractivity contribution in [3.8, 4) is 11.8 Å². The van der Waals surface area contributed by atoms with Crippen LogP contribution >= 0.6 is 0 Å². The monoisotopic (exact) mass is 163 g/mol. The summed E-state index contributed by atoms with van der Waals surface area (Å²) in [7, 11) is -1.85. The molecule has 0 aliphatic rings. The lowest BCUT2D eigenvalue weighted by Crippen LogP contribution is -2.20. The quantitative estimate of drug-likeness (QED) is 0.597. The minimum absolute atomic E-state index is 0.254. The van der Waals surface area contributed by atoms with E-state index in [1.54, 1.807) is 12.1 Å². The topological polar surface area (TPSA) is 73.5 Å². The molecule has 0 bridgehead atoms. The van der Waals surface area contributed by atoms with Crippen LogP contribution < -0.4 is 4.65 Å². The summed E-state index contributed by atoms with van der Waals surface area (Å²) in [6.07, 6.45) is 0. The average Bonchev–Trinajstić information content (AvgIpc) is 2.03. The van der Waals surface area contributed by atoms with Crippen molar-refractivity contribution < 1.29 is 14.7 Å². The Morgan fingerprint density at radius 1 is 1.42 bits per heavy atom. The first-order chi connectivity index (χ1) is 5.72. The summed E-state index contributed by atoms with van der Waals surface area (Å²) in [5, 5.41) is 25.3. The Kier molecular flexibility index (Phi) is 2.69. The van der Waals surface area contributed by atoms with Crippen molar-refractivity contribution in [3.63, 3.8) is 0 Å². The molecule has 0 unspecified atom stereocenters. The van der Waals surface area contributed by atoms with E-state index >= 15 is 0 Å².